The van der Waals surface area contributed by atoms with E-state index in [0.29, 0.717) is 10.1 Å². The van der Waals surface area contributed by atoms with E-state index >= 15 is 0 Å². The van der Waals surface area contributed by atoms with Crippen molar-refractivity contribution in [3.8, 4) is 5.69 Å². The van der Waals surface area contributed by atoms with Gasteiger partial charge in [-0.3, -0.25) is 4.79 Å². The van der Waals surface area contributed by atoms with Crippen LogP contribution >= 0.6 is 11.8 Å². The van der Waals surface area contributed by atoms with E-state index in [4.69, 9.17) is 0 Å². The Labute approximate surface area is 175 Å². The summed E-state index contributed by atoms with van der Waals surface area (Å²) < 4.78 is 2.27. The van der Waals surface area contributed by atoms with E-state index in [1.165, 1.54) is 28.6 Å². The van der Waals surface area contributed by atoms with Gasteiger partial charge in [-0.25, -0.2) is 4.99 Å². The van der Waals surface area contributed by atoms with E-state index in [1.807, 2.05) is 36.4 Å². The third-order valence-electron chi connectivity index (χ3n) is 5.06. The Balaban J connectivity index is 1.69. The van der Waals surface area contributed by atoms with Crippen LogP contribution < -0.4 is 5.32 Å². The second kappa shape index (κ2) is 7.76. The van der Waals surface area contributed by atoms with Crippen LogP contribution in [0.1, 0.15) is 28.1 Å². The maximum absolute atomic E-state index is 12.5. The number of aliphatic imine (C=N–C) groups is 1. The van der Waals surface area contributed by atoms with Crippen molar-refractivity contribution in [1.82, 2.24) is 9.88 Å². The summed E-state index contributed by atoms with van der Waals surface area (Å²) >= 11 is 1.38. The number of nitrogens with zero attached hydrogens (tertiary/aromatic N) is 2. The fourth-order valence-electron chi connectivity index (χ4n) is 3.68. The number of nitrogens with one attached hydrogen (secondary N) is 1. The molecule has 1 saturated heterocycles. The van der Waals surface area contributed by atoms with Crippen molar-refractivity contribution in [2.45, 2.75) is 27.7 Å². The third-order valence-corrected chi connectivity index (χ3v) is 5.97. The molecule has 0 bridgehead atoms. The molecule has 4 nitrogen and oxygen atoms in total. The molecular weight excluding hydrogens is 378 g/mol. The largest absolute Gasteiger partial charge is 0.317 e. The number of rotatable bonds is 3. The SMILES string of the molecule is Cc1cccc(C)c1-n1c(C)cc(/C=C2/SC(=Nc3ccccc3)NC2=O)c1C. The summed E-state index contributed by atoms with van der Waals surface area (Å²) in [5.41, 5.74) is 7.81. The number of aromatic nitrogens is 1. The van der Waals surface area contributed by atoms with Crippen molar-refractivity contribution >= 4 is 34.6 Å². The Hall–Kier alpha value is -3.05. The summed E-state index contributed by atoms with van der Waals surface area (Å²) in [7, 11) is 0. The maximum Gasteiger partial charge on any atom is 0.264 e. The molecule has 0 radical (unpaired) electrons. The van der Waals surface area contributed by atoms with Gasteiger partial charge in [-0.15, -0.1) is 0 Å². The van der Waals surface area contributed by atoms with Gasteiger partial charge in [-0.2, -0.15) is 0 Å². The number of hydrogen-bond acceptors (Lipinski definition) is 3. The van der Waals surface area contributed by atoms with Gasteiger partial charge in [-0.05, 0) is 80.4 Å². The molecule has 0 unspecified atom stereocenters. The number of hydrogen-bond donors (Lipinski definition) is 1. The molecule has 0 atom stereocenters. The lowest BCUT2D eigenvalue weighted by atomic mass is 10.1. The molecule has 5 heteroatoms. The third kappa shape index (κ3) is 3.78. The highest BCUT2D eigenvalue weighted by Crippen LogP contribution is 2.31. The van der Waals surface area contributed by atoms with E-state index in [0.717, 1.165) is 22.6 Å². The number of thioether (sulfide) groups is 1. The van der Waals surface area contributed by atoms with Gasteiger partial charge in [0, 0.05) is 11.4 Å². The first kappa shape index (κ1) is 19.3. The lowest BCUT2D eigenvalue weighted by Crippen LogP contribution is -2.19. The van der Waals surface area contributed by atoms with Gasteiger partial charge in [0.1, 0.15) is 0 Å². The summed E-state index contributed by atoms with van der Waals surface area (Å²) in [6.07, 6.45) is 1.96. The van der Waals surface area contributed by atoms with Gasteiger partial charge in [0.2, 0.25) is 0 Å². The van der Waals surface area contributed by atoms with Gasteiger partial charge in [0.15, 0.2) is 5.17 Å². The van der Waals surface area contributed by atoms with E-state index in [2.05, 4.69) is 66.8 Å². The van der Waals surface area contributed by atoms with Gasteiger partial charge in [-0.1, -0.05) is 36.4 Å². The highest BCUT2D eigenvalue weighted by atomic mass is 32.2. The molecule has 0 saturated carbocycles. The Bertz CT molecular complexity index is 1140. The Morgan fingerprint density at radius 2 is 1.66 bits per heavy atom. The molecule has 0 aliphatic carbocycles. The van der Waals surface area contributed by atoms with Gasteiger partial charge >= 0.3 is 0 Å². The van der Waals surface area contributed by atoms with E-state index in [9.17, 15) is 4.79 Å². The molecule has 1 aliphatic rings. The second-order valence-electron chi connectivity index (χ2n) is 7.22. The zero-order valence-corrected chi connectivity index (χ0v) is 17.8. The summed E-state index contributed by atoms with van der Waals surface area (Å²) in [5, 5.41) is 3.47. The number of aryl methyl sites for hydroxylation is 3. The standard InChI is InChI=1S/C24H23N3OS/c1-15-9-8-10-16(2)22(15)27-17(3)13-19(18(27)4)14-21-23(28)26-24(29-21)25-20-11-6-5-7-12-20/h5-14H,1-4H3,(H,25,26,28)/b21-14+. The van der Waals surface area contributed by atoms with Crippen molar-refractivity contribution in [1.29, 1.82) is 0 Å². The van der Waals surface area contributed by atoms with Crippen LogP contribution in [-0.4, -0.2) is 15.6 Å². The molecule has 146 valence electrons. The summed E-state index contributed by atoms with van der Waals surface area (Å²) in [4.78, 5) is 17.6. The predicted molar refractivity (Wildman–Crippen MR) is 122 cm³/mol. The number of para-hydroxylation sites is 2. The minimum absolute atomic E-state index is 0.110. The molecule has 1 N–H and O–H groups in total. The molecule has 29 heavy (non-hydrogen) atoms. The minimum atomic E-state index is -0.110. The predicted octanol–water partition coefficient (Wildman–Crippen LogP) is 5.60. The lowest BCUT2D eigenvalue weighted by Gasteiger charge is -2.15. The van der Waals surface area contributed by atoms with Gasteiger partial charge in [0.25, 0.3) is 5.91 Å². The van der Waals surface area contributed by atoms with Crippen LogP contribution in [0.2, 0.25) is 0 Å². The normalized spacial score (nSPS) is 16.6. The van der Waals surface area contributed by atoms with Crippen molar-refractivity contribution in [2.24, 2.45) is 4.99 Å². The smallest absolute Gasteiger partial charge is 0.264 e. The molecule has 0 spiro atoms. The average molecular weight is 402 g/mol. The highest BCUT2D eigenvalue weighted by molar-refractivity contribution is 8.18. The number of amides is 1. The van der Waals surface area contributed by atoms with Crippen LogP contribution in [0, 0.1) is 27.7 Å². The van der Waals surface area contributed by atoms with Crippen molar-refractivity contribution in [3.63, 3.8) is 0 Å². The monoisotopic (exact) mass is 401 g/mol. The number of benzene rings is 2. The quantitative estimate of drug-likeness (QED) is 0.581. The average Bonchev–Trinajstić information content (AvgIpc) is 3.16. The molecule has 1 aromatic heterocycles. The highest BCUT2D eigenvalue weighted by Gasteiger charge is 2.24. The van der Waals surface area contributed by atoms with Crippen LogP contribution in [0.3, 0.4) is 0 Å². The van der Waals surface area contributed by atoms with E-state index < -0.39 is 0 Å². The van der Waals surface area contributed by atoms with E-state index in [1.54, 1.807) is 0 Å². The van der Waals surface area contributed by atoms with Gasteiger partial charge in [0.05, 0.1) is 16.3 Å². The van der Waals surface area contributed by atoms with Crippen molar-refractivity contribution in [3.05, 3.63) is 87.6 Å². The fraction of sp³-hybridized carbons (Fsp3) is 0.167. The van der Waals surface area contributed by atoms with Crippen LogP contribution in [-0.2, 0) is 4.79 Å². The summed E-state index contributed by atoms with van der Waals surface area (Å²) in [6.45, 7) is 8.46. The molecule has 4 rings (SSSR count). The fourth-order valence-corrected chi connectivity index (χ4v) is 4.51. The topological polar surface area (TPSA) is 46.4 Å². The van der Waals surface area contributed by atoms with Crippen LogP contribution in [0.25, 0.3) is 11.8 Å². The molecule has 2 aromatic carbocycles. The van der Waals surface area contributed by atoms with E-state index in [-0.39, 0.29) is 5.91 Å². The maximum atomic E-state index is 12.5. The molecule has 1 aliphatic heterocycles. The Morgan fingerprint density at radius 1 is 0.966 bits per heavy atom. The number of carbonyl (C=O) groups excluding carboxylic acids is 1. The summed E-state index contributed by atoms with van der Waals surface area (Å²) in [6, 6.07) is 18.1. The van der Waals surface area contributed by atoms with Crippen LogP contribution in [0.15, 0.2) is 64.5 Å². The number of carbonyl (C=O) groups is 1. The van der Waals surface area contributed by atoms with Crippen molar-refractivity contribution in [2.75, 3.05) is 0 Å². The van der Waals surface area contributed by atoms with Crippen LogP contribution in [0.4, 0.5) is 5.69 Å². The molecule has 1 fully saturated rings. The molecular formula is C24H23N3OS. The first-order valence-corrected chi connectivity index (χ1v) is 10.4. The van der Waals surface area contributed by atoms with Crippen molar-refractivity contribution < 1.29 is 4.79 Å². The lowest BCUT2D eigenvalue weighted by molar-refractivity contribution is -0.115. The molecule has 2 heterocycles. The Kier molecular flexibility index (Phi) is 5.16. The second-order valence-corrected chi connectivity index (χ2v) is 8.25. The summed E-state index contributed by atoms with van der Waals surface area (Å²) in [5.74, 6) is -0.110. The first-order chi connectivity index (χ1) is 13.9. The van der Waals surface area contributed by atoms with Crippen LogP contribution in [0.5, 0.6) is 0 Å². The molecule has 3 aromatic rings. The zero-order chi connectivity index (χ0) is 20.5. The zero-order valence-electron chi connectivity index (χ0n) is 17.0. The minimum Gasteiger partial charge on any atom is -0.317 e. The number of amidine groups is 1. The van der Waals surface area contributed by atoms with Gasteiger partial charge < -0.3 is 9.88 Å². The first-order valence-electron chi connectivity index (χ1n) is 9.54. The Morgan fingerprint density at radius 3 is 2.34 bits per heavy atom. The molecule has 1 amide bonds.